The molecule has 2 heterocycles. The highest BCUT2D eigenvalue weighted by Gasteiger charge is 2.12. The Morgan fingerprint density at radius 2 is 2.13 bits per heavy atom. The number of rotatable bonds is 4. The van der Waals surface area contributed by atoms with E-state index in [4.69, 9.17) is 27.9 Å². The number of hydrogen-bond acceptors (Lipinski definition) is 4. The van der Waals surface area contributed by atoms with Crippen LogP contribution in [0.5, 0.6) is 0 Å². The molecule has 0 aliphatic carbocycles. The summed E-state index contributed by atoms with van der Waals surface area (Å²) in [4.78, 5) is 8.87. The fraction of sp³-hybridized carbons (Fsp3) is 0.188. The minimum absolute atomic E-state index is 0.462. The lowest BCUT2D eigenvalue weighted by molar-refractivity contribution is 0.186. The predicted octanol–water partition coefficient (Wildman–Crippen LogP) is 4.47. The molecule has 0 unspecified atom stereocenters. The van der Waals surface area contributed by atoms with Gasteiger partial charge in [0.15, 0.2) is 11.5 Å². The van der Waals surface area contributed by atoms with E-state index in [0.29, 0.717) is 28.1 Å². The maximum atomic E-state index is 6.15. The van der Waals surface area contributed by atoms with Crippen LogP contribution in [0.15, 0.2) is 29.3 Å². The molecule has 1 N–H and O–H groups in total. The molecule has 118 valence electrons. The highest BCUT2D eigenvalue weighted by Crippen LogP contribution is 2.27. The van der Waals surface area contributed by atoms with Gasteiger partial charge in [0.1, 0.15) is 0 Å². The zero-order valence-corrected chi connectivity index (χ0v) is 14.1. The Morgan fingerprint density at radius 1 is 1.30 bits per heavy atom. The van der Waals surface area contributed by atoms with Gasteiger partial charge in [-0.25, -0.2) is 9.98 Å². The molecule has 1 aromatic carbocycles. The lowest BCUT2D eigenvalue weighted by Crippen LogP contribution is -1.92. The molecule has 2 aromatic heterocycles. The van der Waals surface area contributed by atoms with E-state index in [1.807, 2.05) is 19.1 Å². The lowest BCUT2D eigenvalue weighted by Gasteiger charge is -2.03. The number of ether oxygens (including phenoxy) is 1. The van der Waals surface area contributed by atoms with Gasteiger partial charge in [-0.1, -0.05) is 29.3 Å². The van der Waals surface area contributed by atoms with Crippen LogP contribution in [0.3, 0.4) is 0 Å². The number of H-pyrrole nitrogens is 1. The molecule has 7 heteroatoms. The Kier molecular flexibility index (Phi) is 4.61. The van der Waals surface area contributed by atoms with E-state index in [1.165, 1.54) is 0 Å². The van der Waals surface area contributed by atoms with Crippen LogP contribution in [0.2, 0.25) is 10.0 Å². The van der Waals surface area contributed by atoms with Crippen LogP contribution in [-0.2, 0) is 11.3 Å². The van der Waals surface area contributed by atoms with Crippen LogP contribution in [-0.4, -0.2) is 28.5 Å². The average molecular weight is 349 g/mol. The number of nitrogens with zero attached hydrogens (tertiary/aromatic N) is 3. The van der Waals surface area contributed by atoms with Crippen molar-refractivity contribution in [3.05, 3.63) is 51.1 Å². The van der Waals surface area contributed by atoms with Crippen molar-refractivity contribution in [3.63, 3.8) is 0 Å². The fourth-order valence-electron chi connectivity index (χ4n) is 2.33. The highest BCUT2D eigenvalue weighted by molar-refractivity contribution is 6.36. The Hall–Kier alpha value is -1.95. The number of pyridine rings is 1. The summed E-state index contributed by atoms with van der Waals surface area (Å²) in [6.07, 6.45) is 1.66. The highest BCUT2D eigenvalue weighted by atomic mass is 35.5. The second kappa shape index (κ2) is 6.66. The van der Waals surface area contributed by atoms with Crippen molar-refractivity contribution in [1.82, 2.24) is 15.2 Å². The van der Waals surface area contributed by atoms with Crippen molar-refractivity contribution in [2.75, 3.05) is 7.11 Å². The summed E-state index contributed by atoms with van der Waals surface area (Å²) in [5.41, 5.74) is 3.33. The topological polar surface area (TPSA) is 63.2 Å². The second-order valence-corrected chi connectivity index (χ2v) is 5.89. The van der Waals surface area contributed by atoms with Gasteiger partial charge >= 0.3 is 0 Å². The molecule has 0 bridgehead atoms. The quantitative estimate of drug-likeness (QED) is 0.707. The summed E-state index contributed by atoms with van der Waals surface area (Å²) in [5.74, 6) is 0.547. The number of aryl methyl sites for hydroxylation is 1. The van der Waals surface area contributed by atoms with E-state index in [2.05, 4.69) is 20.2 Å². The van der Waals surface area contributed by atoms with Gasteiger partial charge in [0.05, 0.1) is 17.0 Å². The van der Waals surface area contributed by atoms with Gasteiger partial charge in [0, 0.05) is 29.6 Å². The summed E-state index contributed by atoms with van der Waals surface area (Å²) < 4.78 is 5.25. The smallest absolute Gasteiger partial charge is 0.183 e. The minimum Gasteiger partial charge on any atom is -0.380 e. The van der Waals surface area contributed by atoms with Gasteiger partial charge in [-0.05, 0) is 30.7 Å². The zero-order chi connectivity index (χ0) is 16.4. The van der Waals surface area contributed by atoms with Crippen LogP contribution in [0.25, 0.3) is 11.0 Å². The fourth-order valence-corrected chi connectivity index (χ4v) is 2.79. The molecule has 0 saturated carbocycles. The Balaban J connectivity index is 2.04. The summed E-state index contributed by atoms with van der Waals surface area (Å²) in [5, 5.41) is 9.10. The Bertz CT molecular complexity index is 889. The maximum absolute atomic E-state index is 6.15. The van der Waals surface area contributed by atoms with Gasteiger partial charge < -0.3 is 4.74 Å². The number of fused-ring (bicyclic) bond motifs is 1. The summed E-state index contributed by atoms with van der Waals surface area (Å²) in [7, 11) is 1.65. The normalized spacial score (nSPS) is 11.7. The molecule has 23 heavy (non-hydrogen) atoms. The summed E-state index contributed by atoms with van der Waals surface area (Å²) in [6.45, 7) is 2.39. The van der Waals surface area contributed by atoms with Crippen molar-refractivity contribution >= 4 is 46.3 Å². The van der Waals surface area contributed by atoms with Gasteiger partial charge in [-0.3, -0.25) is 5.10 Å². The number of aliphatic imine (C=N–C) groups is 1. The molecule has 0 radical (unpaired) electrons. The first-order valence-corrected chi connectivity index (χ1v) is 7.66. The third-order valence-corrected chi connectivity index (χ3v) is 3.87. The lowest BCUT2D eigenvalue weighted by atomic mass is 10.1. The van der Waals surface area contributed by atoms with Gasteiger partial charge in [-0.15, -0.1) is 0 Å². The third-order valence-electron chi connectivity index (χ3n) is 3.31. The van der Waals surface area contributed by atoms with Gasteiger partial charge in [-0.2, -0.15) is 5.10 Å². The van der Waals surface area contributed by atoms with Crippen LogP contribution in [0.1, 0.15) is 16.8 Å². The van der Waals surface area contributed by atoms with Gasteiger partial charge in [0.2, 0.25) is 0 Å². The molecular formula is C16H14Cl2N4O. The zero-order valence-electron chi connectivity index (χ0n) is 12.6. The van der Waals surface area contributed by atoms with E-state index in [9.17, 15) is 0 Å². The molecule has 0 aliphatic heterocycles. The third kappa shape index (κ3) is 3.37. The molecular weight excluding hydrogens is 335 g/mol. The molecule has 3 aromatic rings. The predicted molar refractivity (Wildman–Crippen MR) is 93.1 cm³/mol. The van der Waals surface area contributed by atoms with E-state index in [1.54, 1.807) is 25.5 Å². The van der Waals surface area contributed by atoms with Crippen LogP contribution in [0, 0.1) is 6.92 Å². The first-order chi connectivity index (χ1) is 11.1. The first kappa shape index (κ1) is 15.9. The standard InChI is InChI=1S/C16H14Cl2N4O/c1-9-5-11(8-23-2)14-15(21-22-16(14)20-9)19-7-10-3-4-12(17)6-13(10)18/h3-7H,8H2,1-2H3,(H,20,21,22). The molecule has 3 rings (SSSR count). The Labute approximate surface area is 143 Å². The van der Waals surface area contributed by atoms with Crippen molar-refractivity contribution in [2.24, 2.45) is 4.99 Å². The molecule has 0 fully saturated rings. The summed E-state index contributed by atoms with van der Waals surface area (Å²) >= 11 is 12.1. The van der Waals surface area contributed by atoms with E-state index >= 15 is 0 Å². The second-order valence-electron chi connectivity index (χ2n) is 5.05. The SMILES string of the molecule is COCc1cc(C)nc2[nH]nc(N=Cc3ccc(Cl)cc3Cl)c12. The molecule has 0 aliphatic rings. The summed E-state index contributed by atoms with van der Waals surface area (Å²) in [6, 6.07) is 7.21. The van der Waals surface area contributed by atoms with Crippen molar-refractivity contribution < 1.29 is 4.74 Å². The van der Waals surface area contributed by atoms with Gasteiger partial charge in [0.25, 0.3) is 0 Å². The number of hydrogen-bond donors (Lipinski definition) is 1. The number of benzene rings is 1. The number of halogens is 2. The molecule has 0 amide bonds. The van der Waals surface area contributed by atoms with Crippen molar-refractivity contribution in [3.8, 4) is 0 Å². The molecule has 0 spiro atoms. The van der Waals surface area contributed by atoms with E-state index in [-0.39, 0.29) is 0 Å². The number of aromatic amines is 1. The number of aromatic nitrogens is 3. The van der Waals surface area contributed by atoms with E-state index < -0.39 is 0 Å². The largest absolute Gasteiger partial charge is 0.380 e. The average Bonchev–Trinajstić information content (AvgIpc) is 2.89. The van der Waals surface area contributed by atoms with Crippen molar-refractivity contribution in [1.29, 1.82) is 0 Å². The first-order valence-electron chi connectivity index (χ1n) is 6.91. The van der Waals surface area contributed by atoms with Crippen LogP contribution in [0.4, 0.5) is 5.82 Å². The molecule has 0 saturated heterocycles. The minimum atomic E-state index is 0.462. The monoisotopic (exact) mass is 348 g/mol. The van der Waals surface area contributed by atoms with E-state index in [0.717, 1.165) is 22.2 Å². The molecule has 5 nitrogen and oxygen atoms in total. The maximum Gasteiger partial charge on any atom is 0.183 e. The molecule has 0 atom stereocenters. The van der Waals surface area contributed by atoms with Crippen molar-refractivity contribution in [2.45, 2.75) is 13.5 Å². The van der Waals surface area contributed by atoms with Crippen LogP contribution >= 0.6 is 23.2 Å². The number of methoxy groups -OCH3 is 1. The Morgan fingerprint density at radius 3 is 2.87 bits per heavy atom. The van der Waals surface area contributed by atoms with Crippen LogP contribution < -0.4 is 0 Å². The number of nitrogens with one attached hydrogen (secondary N) is 1.